The molecule has 0 saturated carbocycles. The number of carbonyl (C=O) groups is 1. The lowest BCUT2D eigenvalue weighted by atomic mass is 10.3. The molecule has 3 aromatic rings. The highest BCUT2D eigenvalue weighted by atomic mass is 35.5. The maximum absolute atomic E-state index is 13.0. The Hall–Kier alpha value is -2.64. The van der Waals surface area contributed by atoms with E-state index < -0.39 is 11.7 Å². The lowest BCUT2D eigenvalue weighted by Gasteiger charge is -2.07. The third kappa shape index (κ3) is 3.17. The average Bonchev–Trinajstić information content (AvgIpc) is 2.92. The maximum Gasteiger partial charge on any atom is 0.280 e. The normalized spacial score (nSPS) is 10.6. The molecule has 3 rings (SSSR count). The van der Waals surface area contributed by atoms with Gasteiger partial charge in [-0.15, -0.1) is 5.10 Å². The van der Waals surface area contributed by atoms with Crippen LogP contribution in [-0.4, -0.2) is 20.9 Å². The van der Waals surface area contributed by atoms with Crippen LogP contribution in [-0.2, 0) is 0 Å². The highest BCUT2D eigenvalue weighted by Gasteiger charge is 2.19. The second-order valence-corrected chi connectivity index (χ2v) is 5.63. The molecule has 0 aliphatic heterocycles. The van der Waals surface area contributed by atoms with Crippen LogP contribution in [0, 0.1) is 5.82 Å². The van der Waals surface area contributed by atoms with E-state index in [0.717, 1.165) is 0 Å². The number of hydrogen-bond donors (Lipinski definition) is 2. The minimum Gasteiger partial charge on any atom is -0.382 e. The molecule has 9 heteroatoms. The van der Waals surface area contributed by atoms with Crippen LogP contribution in [0.5, 0.6) is 0 Å². The van der Waals surface area contributed by atoms with Crippen molar-refractivity contribution in [3.05, 3.63) is 64.0 Å². The van der Waals surface area contributed by atoms with Crippen LogP contribution < -0.4 is 11.1 Å². The Morgan fingerprint density at radius 3 is 2.54 bits per heavy atom. The molecule has 1 amide bonds. The number of nitrogens with zero attached hydrogens (tertiary/aromatic N) is 3. The number of nitrogens with one attached hydrogen (secondary N) is 1. The Labute approximate surface area is 146 Å². The van der Waals surface area contributed by atoms with E-state index in [1.807, 2.05) is 0 Å². The highest BCUT2D eigenvalue weighted by molar-refractivity contribution is 6.36. The molecule has 3 N–H and O–H groups in total. The van der Waals surface area contributed by atoms with E-state index in [1.165, 1.54) is 35.0 Å². The zero-order valence-corrected chi connectivity index (χ0v) is 13.5. The summed E-state index contributed by atoms with van der Waals surface area (Å²) in [6.45, 7) is 0. The number of aromatic nitrogens is 3. The van der Waals surface area contributed by atoms with Crippen LogP contribution in [0.4, 0.5) is 15.9 Å². The van der Waals surface area contributed by atoms with E-state index in [4.69, 9.17) is 28.9 Å². The number of halogens is 3. The Morgan fingerprint density at radius 2 is 1.88 bits per heavy atom. The molecule has 0 fully saturated rings. The maximum atomic E-state index is 13.0. The van der Waals surface area contributed by atoms with Gasteiger partial charge in [-0.05, 0) is 42.5 Å². The molecule has 0 aliphatic rings. The van der Waals surface area contributed by atoms with Gasteiger partial charge in [0, 0.05) is 5.02 Å². The fraction of sp³-hybridized carbons (Fsp3) is 0. The molecule has 0 radical (unpaired) electrons. The number of nitrogens with two attached hydrogens (primary N) is 1. The lowest BCUT2D eigenvalue weighted by Crippen LogP contribution is -2.15. The van der Waals surface area contributed by atoms with Crippen molar-refractivity contribution in [1.29, 1.82) is 0 Å². The topological polar surface area (TPSA) is 85.8 Å². The summed E-state index contributed by atoms with van der Waals surface area (Å²) < 4.78 is 14.2. The van der Waals surface area contributed by atoms with E-state index in [1.54, 1.807) is 12.1 Å². The lowest BCUT2D eigenvalue weighted by molar-refractivity contribution is 0.102. The molecule has 6 nitrogen and oxygen atoms in total. The molecule has 0 bridgehead atoms. The Balaban J connectivity index is 1.87. The number of rotatable bonds is 3. The fourth-order valence-corrected chi connectivity index (χ4v) is 2.45. The molecular formula is C15H10Cl2FN5O. The highest BCUT2D eigenvalue weighted by Crippen LogP contribution is 2.26. The first-order valence-electron chi connectivity index (χ1n) is 6.69. The SMILES string of the molecule is Nc1c(C(=O)Nc2ccc(Cl)cc2Cl)nnn1-c1ccc(F)cc1. The summed E-state index contributed by atoms with van der Waals surface area (Å²) in [6.07, 6.45) is 0. The van der Waals surface area contributed by atoms with Gasteiger partial charge in [0.1, 0.15) is 5.82 Å². The summed E-state index contributed by atoms with van der Waals surface area (Å²) in [4.78, 5) is 12.3. The van der Waals surface area contributed by atoms with E-state index in [0.29, 0.717) is 16.4 Å². The van der Waals surface area contributed by atoms with Gasteiger partial charge in [-0.1, -0.05) is 28.4 Å². The summed E-state index contributed by atoms with van der Waals surface area (Å²) in [7, 11) is 0. The molecule has 0 saturated heterocycles. The van der Waals surface area contributed by atoms with Crippen molar-refractivity contribution >= 4 is 40.6 Å². The summed E-state index contributed by atoms with van der Waals surface area (Å²) >= 11 is 11.8. The number of carbonyl (C=O) groups excluding carboxylic acids is 1. The predicted octanol–water partition coefficient (Wildman–Crippen LogP) is 3.55. The van der Waals surface area contributed by atoms with E-state index in [9.17, 15) is 9.18 Å². The zero-order valence-electron chi connectivity index (χ0n) is 12.0. The van der Waals surface area contributed by atoms with Gasteiger partial charge in [-0.25, -0.2) is 4.39 Å². The summed E-state index contributed by atoms with van der Waals surface area (Å²) in [5, 5.41) is 10.9. The van der Waals surface area contributed by atoms with Crippen molar-refractivity contribution in [2.75, 3.05) is 11.1 Å². The number of amides is 1. The van der Waals surface area contributed by atoms with Crippen molar-refractivity contribution in [1.82, 2.24) is 15.0 Å². The van der Waals surface area contributed by atoms with Crippen LogP contribution >= 0.6 is 23.2 Å². The Kier molecular flexibility index (Phi) is 4.37. The second-order valence-electron chi connectivity index (χ2n) is 4.79. The molecular weight excluding hydrogens is 356 g/mol. The van der Waals surface area contributed by atoms with Crippen molar-refractivity contribution in [2.45, 2.75) is 0 Å². The molecule has 0 spiro atoms. The van der Waals surface area contributed by atoms with Crippen molar-refractivity contribution in [3.63, 3.8) is 0 Å². The van der Waals surface area contributed by atoms with Crippen LogP contribution in [0.15, 0.2) is 42.5 Å². The van der Waals surface area contributed by atoms with Gasteiger partial charge < -0.3 is 11.1 Å². The largest absolute Gasteiger partial charge is 0.382 e. The molecule has 0 aliphatic carbocycles. The number of anilines is 2. The van der Waals surface area contributed by atoms with Crippen LogP contribution in [0.3, 0.4) is 0 Å². The second kappa shape index (κ2) is 6.46. The standard InChI is InChI=1S/C15H10Cl2FN5O/c16-8-1-6-12(11(17)7-8)20-15(24)13-14(19)23(22-21-13)10-4-2-9(18)3-5-10/h1-7H,19H2,(H,20,24). The molecule has 122 valence electrons. The minimum atomic E-state index is -0.579. The van der Waals surface area contributed by atoms with E-state index in [-0.39, 0.29) is 16.5 Å². The molecule has 1 aromatic heterocycles. The monoisotopic (exact) mass is 365 g/mol. The number of nitrogen functional groups attached to an aromatic ring is 1. The van der Waals surface area contributed by atoms with Crippen molar-refractivity contribution in [2.24, 2.45) is 0 Å². The molecule has 0 atom stereocenters. The minimum absolute atomic E-state index is 0.0178. The van der Waals surface area contributed by atoms with Gasteiger partial charge in [0.15, 0.2) is 11.5 Å². The fourth-order valence-electron chi connectivity index (χ4n) is 2.00. The summed E-state index contributed by atoms with van der Waals surface area (Å²) in [6, 6.07) is 10.1. The molecule has 24 heavy (non-hydrogen) atoms. The van der Waals surface area contributed by atoms with Crippen LogP contribution in [0.25, 0.3) is 5.69 Å². The van der Waals surface area contributed by atoms with Crippen LogP contribution in [0.2, 0.25) is 10.0 Å². The first-order valence-corrected chi connectivity index (χ1v) is 7.45. The Morgan fingerprint density at radius 1 is 1.17 bits per heavy atom. The first kappa shape index (κ1) is 16.2. The first-order chi connectivity index (χ1) is 11.5. The molecule has 1 heterocycles. The van der Waals surface area contributed by atoms with Gasteiger partial charge in [-0.3, -0.25) is 4.79 Å². The Bertz CT molecular complexity index is 911. The van der Waals surface area contributed by atoms with Gasteiger partial charge in [0.05, 0.1) is 16.4 Å². The quantitative estimate of drug-likeness (QED) is 0.742. The third-order valence-corrected chi connectivity index (χ3v) is 3.72. The smallest absolute Gasteiger partial charge is 0.280 e. The zero-order chi connectivity index (χ0) is 17.3. The van der Waals surface area contributed by atoms with Crippen molar-refractivity contribution in [3.8, 4) is 5.69 Å². The van der Waals surface area contributed by atoms with Gasteiger partial charge in [0.25, 0.3) is 5.91 Å². The molecule has 2 aromatic carbocycles. The number of hydrogen-bond acceptors (Lipinski definition) is 4. The van der Waals surface area contributed by atoms with E-state index >= 15 is 0 Å². The van der Waals surface area contributed by atoms with Gasteiger partial charge in [-0.2, -0.15) is 4.68 Å². The predicted molar refractivity (Wildman–Crippen MR) is 90.1 cm³/mol. The van der Waals surface area contributed by atoms with Crippen molar-refractivity contribution < 1.29 is 9.18 Å². The average molecular weight is 366 g/mol. The van der Waals surface area contributed by atoms with Crippen LogP contribution in [0.1, 0.15) is 10.5 Å². The number of benzene rings is 2. The summed E-state index contributed by atoms with van der Waals surface area (Å²) in [5.74, 6) is -0.956. The summed E-state index contributed by atoms with van der Waals surface area (Å²) in [5.41, 5.74) is 6.68. The van der Waals surface area contributed by atoms with Gasteiger partial charge in [0.2, 0.25) is 0 Å². The molecule has 0 unspecified atom stereocenters. The van der Waals surface area contributed by atoms with E-state index in [2.05, 4.69) is 15.6 Å². The third-order valence-electron chi connectivity index (χ3n) is 3.17. The van der Waals surface area contributed by atoms with Gasteiger partial charge >= 0.3 is 0 Å².